The number of methoxy groups -OCH3 is 1. The van der Waals surface area contributed by atoms with Crippen LogP contribution in [0.3, 0.4) is 0 Å². The fourth-order valence-electron chi connectivity index (χ4n) is 3.04. The molecule has 168 valence electrons. The number of thiazole rings is 1. The zero-order valence-electron chi connectivity index (χ0n) is 17.7. The maximum atomic E-state index is 12.4. The molecule has 3 aromatic heterocycles. The fraction of sp³-hybridized carbons (Fsp3) is 0.174. The number of benzene rings is 1. The van der Waals surface area contributed by atoms with Gasteiger partial charge in [-0.05, 0) is 30.3 Å². The molecule has 3 heterocycles. The molecule has 0 aliphatic carbocycles. The number of rotatable bonds is 8. The highest BCUT2D eigenvalue weighted by atomic mass is 32.1. The van der Waals surface area contributed by atoms with Crippen LogP contribution in [0.4, 0.5) is 5.13 Å². The van der Waals surface area contributed by atoms with Gasteiger partial charge >= 0.3 is 5.63 Å². The Morgan fingerprint density at radius 2 is 1.97 bits per heavy atom. The van der Waals surface area contributed by atoms with E-state index in [0.717, 1.165) is 11.1 Å². The number of pyridine rings is 1. The van der Waals surface area contributed by atoms with Gasteiger partial charge in [-0.25, -0.2) is 9.78 Å². The molecule has 0 unspecified atom stereocenters. The zero-order valence-corrected chi connectivity index (χ0v) is 18.5. The standard InChI is InChI=1S/C23H20N4O5S/c1-31-16-6-5-14-10-17(22(30)32-19(14)11-16)18-13-33-23(26-18)27-21(29)8-7-20(28)25-12-15-4-2-3-9-24-15/h2-6,9-11,13H,7-8,12H2,1H3,(H,25,28)(H,26,27,29). The normalized spacial score (nSPS) is 10.7. The second kappa shape index (κ2) is 10.0. The summed E-state index contributed by atoms with van der Waals surface area (Å²) in [6, 6.07) is 12.3. The average molecular weight is 465 g/mol. The summed E-state index contributed by atoms with van der Waals surface area (Å²) in [4.78, 5) is 45.0. The van der Waals surface area contributed by atoms with Crippen LogP contribution >= 0.6 is 11.3 Å². The minimum atomic E-state index is -0.538. The maximum absolute atomic E-state index is 12.4. The Morgan fingerprint density at radius 1 is 1.12 bits per heavy atom. The lowest BCUT2D eigenvalue weighted by atomic mass is 10.1. The first-order chi connectivity index (χ1) is 16.0. The smallest absolute Gasteiger partial charge is 0.345 e. The molecule has 33 heavy (non-hydrogen) atoms. The van der Waals surface area contributed by atoms with E-state index in [2.05, 4.69) is 20.6 Å². The number of hydrogen-bond acceptors (Lipinski definition) is 8. The Labute approximate surface area is 192 Å². The molecule has 1 aromatic carbocycles. The summed E-state index contributed by atoms with van der Waals surface area (Å²) >= 11 is 1.18. The number of carbonyl (C=O) groups excluding carboxylic acids is 2. The number of anilines is 1. The Hall–Kier alpha value is -4.05. The first-order valence-electron chi connectivity index (χ1n) is 10.1. The van der Waals surface area contributed by atoms with Gasteiger partial charge in [0, 0.05) is 35.9 Å². The van der Waals surface area contributed by atoms with E-state index in [4.69, 9.17) is 9.15 Å². The van der Waals surface area contributed by atoms with E-state index in [9.17, 15) is 14.4 Å². The number of hydrogen-bond donors (Lipinski definition) is 2. The molecule has 0 fully saturated rings. The van der Waals surface area contributed by atoms with Gasteiger partial charge in [-0.3, -0.25) is 14.6 Å². The number of ether oxygens (including phenoxy) is 1. The van der Waals surface area contributed by atoms with Crippen LogP contribution in [0.15, 0.2) is 63.3 Å². The largest absolute Gasteiger partial charge is 0.497 e. The predicted molar refractivity (Wildman–Crippen MR) is 124 cm³/mol. The lowest BCUT2D eigenvalue weighted by Crippen LogP contribution is -2.24. The second-order valence-electron chi connectivity index (χ2n) is 7.04. The third-order valence-electron chi connectivity index (χ3n) is 4.74. The number of nitrogens with one attached hydrogen (secondary N) is 2. The molecule has 9 nitrogen and oxygen atoms in total. The van der Waals surface area contributed by atoms with Crippen molar-refractivity contribution in [3.8, 4) is 17.0 Å². The predicted octanol–water partition coefficient (Wildman–Crippen LogP) is 3.36. The van der Waals surface area contributed by atoms with Crippen molar-refractivity contribution in [3.63, 3.8) is 0 Å². The van der Waals surface area contributed by atoms with Gasteiger partial charge in [-0.1, -0.05) is 6.07 Å². The molecule has 2 N–H and O–H groups in total. The molecule has 0 radical (unpaired) electrons. The van der Waals surface area contributed by atoms with Crippen LogP contribution in [0, 0.1) is 0 Å². The lowest BCUT2D eigenvalue weighted by molar-refractivity contribution is -0.124. The number of fused-ring (bicyclic) bond motifs is 1. The number of aromatic nitrogens is 2. The van der Waals surface area contributed by atoms with E-state index in [1.165, 1.54) is 18.4 Å². The third-order valence-corrected chi connectivity index (χ3v) is 5.50. The molecule has 0 saturated carbocycles. The van der Waals surface area contributed by atoms with Gasteiger partial charge in [0.2, 0.25) is 11.8 Å². The minimum absolute atomic E-state index is 0.00289. The van der Waals surface area contributed by atoms with Crippen LogP contribution in [0.5, 0.6) is 5.75 Å². The monoisotopic (exact) mass is 464 g/mol. The van der Waals surface area contributed by atoms with Crippen LogP contribution in [0.25, 0.3) is 22.2 Å². The fourth-order valence-corrected chi connectivity index (χ4v) is 3.77. The van der Waals surface area contributed by atoms with Gasteiger partial charge in [0.1, 0.15) is 11.3 Å². The van der Waals surface area contributed by atoms with Crippen LogP contribution < -0.4 is 21.0 Å². The van der Waals surface area contributed by atoms with Gasteiger partial charge in [0.05, 0.1) is 30.6 Å². The SMILES string of the molecule is COc1ccc2cc(-c3csc(NC(=O)CCC(=O)NCc4ccccn4)n3)c(=O)oc2c1. The number of carbonyl (C=O) groups is 2. The highest BCUT2D eigenvalue weighted by Crippen LogP contribution is 2.27. The van der Waals surface area contributed by atoms with E-state index < -0.39 is 5.63 Å². The van der Waals surface area contributed by atoms with E-state index in [1.54, 1.807) is 48.0 Å². The van der Waals surface area contributed by atoms with Crippen molar-refractivity contribution in [3.05, 3.63) is 70.2 Å². The summed E-state index contributed by atoms with van der Waals surface area (Å²) in [6.45, 7) is 0.304. The summed E-state index contributed by atoms with van der Waals surface area (Å²) in [5.41, 5.74) is 1.30. The summed E-state index contributed by atoms with van der Waals surface area (Å²) in [5.74, 6) is -0.00923. The molecule has 0 aliphatic heterocycles. The Balaban J connectivity index is 1.34. The summed E-state index contributed by atoms with van der Waals surface area (Å²) in [5, 5.41) is 8.10. The second-order valence-corrected chi connectivity index (χ2v) is 7.89. The van der Waals surface area contributed by atoms with Crippen molar-refractivity contribution >= 4 is 39.3 Å². The molecule has 0 bridgehead atoms. The number of amides is 2. The molecule has 2 amide bonds. The summed E-state index contributed by atoms with van der Waals surface area (Å²) < 4.78 is 10.5. The quantitative estimate of drug-likeness (QED) is 0.383. The maximum Gasteiger partial charge on any atom is 0.345 e. The molecule has 0 spiro atoms. The van der Waals surface area contributed by atoms with Gasteiger partial charge < -0.3 is 19.8 Å². The van der Waals surface area contributed by atoms with Crippen molar-refractivity contribution in [1.82, 2.24) is 15.3 Å². The topological polar surface area (TPSA) is 123 Å². The van der Waals surface area contributed by atoms with Crippen LogP contribution in [-0.2, 0) is 16.1 Å². The average Bonchev–Trinajstić information content (AvgIpc) is 3.29. The summed E-state index contributed by atoms with van der Waals surface area (Å²) in [7, 11) is 1.54. The van der Waals surface area contributed by atoms with Crippen molar-refractivity contribution in [2.75, 3.05) is 12.4 Å². The highest BCUT2D eigenvalue weighted by molar-refractivity contribution is 7.14. The molecule has 10 heteroatoms. The van der Waals surface area contributed by atoms with Gasteiger partial charge in [-0.2, -0.15) is 0 Å². The van der Waals surface area contributed by atoms with Crippen LogP contribution in [-0.4, -0.2) is 28.9 Å². The molecule has 4 rings (SSSR count). The number of nitrogens with zero attached hydrogens (tertiary/aromatic N) is 2. The van der Waals surface area contributed by atoms with E-state index in [-0.39, 0.29) is 24.7 Å². The van der Waals surface area contributed by atoms with Crippen LogP contribution in [0.2, 0.25) is 0 Å². The Bertz CT molecular complexity index is 1350. The molecule has 0 atom stereocenters. The van der Waals surface area contributed by atoms with Crippen molar-refractivity contribution < 1.29 is 18.7 Å². The van der Waals surface area contributed by atoms with Gasteiger partial charge in [0.15, 0.2) is 5.13 Å². The molecular weight excluding hydrogens is 444 g/mol. The van der Waals surface area contributed by atoms with Crippen molar-refractivity contribution in [2.24, 2.45) is 0 Å². The molecule has 0 saturated heterocycles. The van der Waals surface area contributed by atoms with Crippen molar-refractivity contribution in [1.29, 1.82) is 0 Å². The van der Waals surface area contributed by atoms with Crippen molar-refractivity contribution in [2.45, 2.75) is 19.4 Å². The highest BCUT2D eigenvalue weighted by Gasteiger charge is 2.14. The van der Waals surface area contributed by atoms with Gasteiger partial charge in [0.25, 0.3) is 0 Å². The first-order valence-corrected chi connectivity index (χ1v) is 10.9. The third kappa shape index (κ3) is 5.60. The van der Waals surface area contributed by atoms with Gasteiger partial charge in [-0.15, -0.1) is 11.3 Å². The molecule has 0 aliphatic rings. The van der Waals surface area contributed by atoms with Crippen LogP contribution in [0.1, 0.15) is 18.5 Å². The Morgan fingerprint density at radius 3 is 2.76 bits per heavy atom. The Kier molecular flexibility index (Phi) is 6.75. The van der Waals surface area contributed by atoms with E-state index in [0.29, 0.717) is 34.3 Å². The first kappa shape index (κ1) is 22.2. The summed E-state index contributed by atoms with van der Waals surface area (Å²) in [6.07, 6.45) is 1.69. The molecular formula is C23H20N4O5S. The molecule has 4 aromatic rings. The lowest BCUT2D eigenvalue weighted by Gasteiger charge is -2.05. The van der Waals surface area contributed by atoms with E-state index >= 15 is 0 Å². The van der Waals surface area contributed by atoms with E-state index in [1.807, 2.05) is 6.07 Å². The minimum Gasteiger partial charge on any atom is -0.497 e. The zero-order chi connectivity index (χ0) is 23.2.